The topological polar surface area (TPSA) is 70.7 Å². The highest BCUT2D eigenvalue weighted by atomic mass is 31.2. The molecule has 0 aliphatic carbocycles. The SMILES string of the molecule is Cc1ccc(NC(=O)NP2(=O)Oc3ccccc3CN2c2ccc(F)cc2)c(C)c1. The van der Waals surface area contributed by atoms with E-state index in [-0.39, 0.29) is 6.54 Å². The van der Waals surface area contributed by atoms with Crippen LogP contribution in [0.4, 0.5) is 20.6 Å². The van der Waals surface area contributed by atoms with Crippen molar-refractivity contribution in [1.29, 1.82) is 0 Å². The average Bonchev–Trinajstić information content (AvgIpc) is 2.70. The summed E-state index contributed by atoms with van der Waals surface area (Å²) in [6.45, 7) is 4.08. The summed E-state index contributed by atoms with van der Waals surface area (Å²) < 4.78 is 34.4. The van der Waals surface area contributed by atoms with Gasteiger partial charge in [0.05, 0.1) is 6.54 Å². The summed E-state index contributed by atoms with van der Waals surface area (Å²) in [6, 6.07) is 17.7. The molecule has 1 aliphatic rings. The highest BCUT2D eigenvalue weighted by Crippen LogP contribution is 2.54. The van der Waals surface area contributed by atoms with Crippen LogP contribution in [0, 0.1) is 19.7 Å². The number of urea groups is 1. The molecule has 0 fully saturated rings. The Morgan fingerprint density at radius 3 is 2.53 bits per heavy atom. The van der Waals surface area contributed by atoms with Gasteiger partial charge in [0.2, 0.25) is 0 Å². The molecule has 0 saturated carbocycles. The van der Waals surface area contributed by atoms with Gasteiger partial charge in [0.25, 0.3) is 0 Å². The molecule has 3 aromatic carbocycles. The van der Waals surface area contributed by atoms with Gasteiger partial charge in [0.15, 0.2) is 0 Å². The molecule has 0 radical (unpaired) electrons. The van der Waals surface area contributed by atoms with Crippen LogP contribution >= 0.6 is 7.67 Å². The maximum absolute atomic E-state index is 13.8. The van der Waals surface area contributed by atoms with Crippen LogP contribution in [0.1, 0.15) is 16.7 Å². The number of amides is 2. The largest absolute Gasteiger partial charge is 0.450 e. The van der Waals surface area contributed by atoms with E-state index < -0.39 is 19.5 Å². The number of fused-ring (bicyclic) bond motifs is 1. The Hall–Kier alpha value is -3.31. The maximum atomic E-state index is 13.8. The lowest BCUT2D eigenvalue weighted by atomic mass is 10.1. The van der Waals surface area contributed by atoms with Gasteiger partial charge in [-0.3, -0.25) is 4.67 Å². The Morgan fingerprint density at radius 1 is 1.07 bits per heavy atom. The normalized spacial score (nSPS) is 17.6. The minimum atomic E-state index is -3.86. The molecule has 0 aromatic heterocycles. The number of nitrogens with zero attached hydrogens (tertiary/aromatic N) is 1. The second-order valence-corrected chi connectivity index (χ2v) is 9.07. The molecule has 30 heavy (non-hydrogen) atoms. The van der Waals surface area contributed by atoms with Crippen LogP contribution in [-0.2, 0) is 11.1 Å². The number of benzene rings is 3. The fraction of sp³-hybridized carbons (Fsp3) is 0.136. The van der Waals surface area contributed by atoms with Gasteiger partial charge in [-0.15, -0.1) is 0 Å². The monoisotopic (exact) mass is 425 g/mol. The summed E-state index contributed by atoms with van der Waals surface area (Å²) in [7, 11) is -3.86. The number of carbonyl (C=O) groups is 1. The minimum absolute atomic E-state index is 0.239. The van der Waals surface area contributed by atoms with Crippen molar-refractivity contribution in [2.24, 2.45) is 0 Å². The molecule has 1 heterocycles. The van der Waals surface area contributed by atoms with Crippen LogP contribution in [-0.4, -0.2) is 6.03 Å². The first-order valence-electron chi connectivity index (χ1n) is 9.42. The third-order valence-corrected chi connectivity index (χ3v) is 6.77. The van der Waals surface area contributed by atoms with Crippen LogP contribution in [0.25, 0.3) is 0 Å². The second kappa shape index (κ2) is 7.84. The van der Waals surface area contributed by atoms with Crippen molar-refractivity contribution < 1.29 is 18.3 Å². The first kappa shape index (κ1) is 20.0. The van der Waals surface area contributed by atoms with Gasteiger partial charge < -0.3 is 9.84 Å². The van der Waals surface area contributed by atoms with E-state index in [9.17, 15) is 13.8 Å². The third kappa shape index (κ3) is 4.02. The van der Waals surface area contributed by atoms with Crippen LogP contribution in [0.2, 0.25) is 0 Å². The van der Waals surface area contributed by atoms with Crippen molar-refractivity contribution in [2.45, 2.75) is 20.4 Å². The van der Waals surface area contributed by atoms with Crippen LogP contribution < -0.4 is 19.6 Å². The van der Waals surface area contributed by atoms with Crippen molar-refractivity contribution >= 4 is 25.1 Å². The van der Waals surface area contributed by atoms with Crippen molar-refractivity contribution in [3.8, 4) is 5.75 Å². The second-order valence-electron chi connectivity index (χ2n) is 7.14. The number of halogens is 1. The van der Waals surface area contributed by atoms with Crippen molar-refractivity contribution in [2.75, 3.05) is 9.99 Å². The summed E-state index contributed by atoms with van der Waals surface area (Å²) in [6.07, 6.45) is 0. The van der Waals surface area contributed by atoms with Crippen LogP contribution in [0.3, 0.4) is 0 Å². The Labute approximate surface area is 174 Å². The lowest BCUT2D eigenvalue weighted by Crippen LogP contribution is -2.38. The first-order valence-corrected chi connectivity index (χ1v) is 11.0. The Morgan fingerprint density at radius 2 is 1.80 bits per heavy atom. The van der Waals surface area contributed by atoms with Crippen molar-refractivity contribution in [1.82, 2.24) is 5.09 Å². The molecule has 0 bridgehead atoms. The number of nitrogens with one attached hydrogen (secondary N) is 2. The van der Waals surface area contributed by atoms with E-state index in [1.54, 1.807) is 18.2 Å². The molecule has 2 amide bonds. The van der Waals surface area contributed by atoms with E-state index in [1.165, 1.54) is 28.9 Å². The van der Waals surface area contributed by atoms with Gasteiger partial charge in [-0.25, -0.2) is 18.8 Å². The minimum Gasteiger partial charge on any atom is -0.413 e. The summed E-state index contributed by atoms with van der Waals surface area (Å²) in [5, 5.41) is 5.23. The lowest BCUT2D eigenvalue weighted by Gasteiger charge is -2.37. The van der Waals surface area contributed by atoms with E-state index >= 15 is 0 Å². The van der Waals surface area contributed by atoms with Crippen molar-refractivity contribution in [3.05, 3.63) is 89.2 Å². The third-order valence-electron chi connectivity index (χ3n) is 4.83. The molecule has 3 aromatic rings. The standard InChI is InChI=1S/C22H21FN3O3P/c1-15-7-12-20(16(2)13-15)24-22(27)25-30(28)26(19-10-8-18(23)9-11-19)14-17-5-3-4-6-21(17)29-30/h3-13H,14H2,1-2H3,(H2,24,25,27,28). The van der Waals surface area contributed by atoms with Gasteiger partial charge in [0, 0.05) is 16.9 Å². The zero-order valence-corrected chi connectivity index (χ0v) is 17.4. The zero-order valence-electron chi connectivity index (χ0n) is 16.6. The van der Waals surface area contributed by atoms with Crippen molar-refractivity contribution in [3.63, 3.8) is 0 Å². The fourth-order valence-corrected chi connectivity index (χ4v) is 5.13. The summed E-state index contributed by atoms with van der Waals surface area (Å²) in [5.74, 6) is 0.0264. The number of carbonyl (C=O) groups excluding carboxylic acids is 1. The molecule has 6 nitrogen and oxygen atoms in total. The van der Waals surface area contributed by atoms with Gasteiger partial charge in [0.1, 0.15) is 11.6 Å². The van der Waals surface area contributed by atoms with Gasteiger partial charge >= 0.3 is 13.7 Å². The summed E-state index contributed by atoms with van der Waals surface area (Å²) in [4.78, 5) is 12.7. The van der Waals surface area contributed by atoms with E-state index in [4.69, 9.17) is 4.52 Å². The molecule has 154 valence electrons. The molecule has 1 atom stereocenters. The zero-order chi connectivity index (χ0) is 21.3. The van der Waals surface area contributed by atoms with Gasteiger partial charge in [-0.05, 0) is 55.8 Å². The quantitative estimate of drug-likeness (QED) is 0.523. The van der Waals surface area contributed by atoms with E-state index in [1.807, 2.05) is 38.1 Å². The Balaban J connectivity index is 1.64. The average molecular weight is 425 g/mol. The van der Waals surface area contributed by atoms with Gasteiger partial charge in [-0.2, -0.15) is 0 Å². The highest BCUT2D eigenvalue weighted by Gasteiger charge is 2.40. The summed E-state index contributed by atoms with van der Waals surface area (Å²) in [5.41, 5.74) is 3.84. The Kier molecular flexibility index (Phi) is 5.22. The molecule has 0 saturated heterocycles. The molecule has 1 unspecified atom stereocenters. The number of para-hydroxylation sites is 1. The number of anilines is 2. The molecule has 2 N–H and O–H groups in total. The number of hydrogen-bond donors (Lipinski definition) is 2. The number of aryl methyl sites for hydroxylation is 2. The van der Waals surface area contributed by atoms with E-state index in [0.29, 0.717) is 17.1 Å². The Bertz CT molecular complexity index is 1150. The molecule has 0 spiro atoms. The number of rotatable bonds is 3. The predicted molar refractivity (Wildman–Crippen MR) is 115 cm³/mol. The highest BCUT2D eigenvalue weighted by molar-refractivity contribution is 7.59. The lowest BCUT2D eigenvalue weighted by molar-refractivity contribution is 0.255. The van der Waals surface area contributed by atoms with Crippen LogP contribution in [0.15, 0.2) is 66.7 Å². The van der Waals surface area contributed by atoms with Gasteiger partial charge in [-0.1, -0.05) is 35.9 Å². The smallest absolute Gasteiger partial charge is 0.413 e. The molecule has 4 rings (SSSR count). The van der Waals surface area contributed by atoms with Crippen LogP contribution in [0.5, 0.6) is 5.75 Å². The molecular weight excluding hydrogens is 404 g/mol. The molecular formula is C22H21FN3O3P. The first-order chi connectivity index (χ1) is 14.3. The molecule has 8 heteroatoms. The van der Waals surface area contributed by atoms with E-state index in [2.05, 4.69) is 10.4 Å². The fourth-order valence-electron chi connectivity index (χ4n) is 3.33. The molecule has 1 aliphatic heterocycles. The van der Waals surface area contributed by atoms with E-state index in [0.717, 1.165) is 16.7 Å². The maximum Gasteiger partial charge on any atom is 0.450 e. The predicted octanol–water partition coefficient (Wildman–Crippen LogP) is 5.77. The number of hydrogen-bond acceptors (Lipinski definition) is 3. The summed E-state index contributed by atoms with van der Waals surface area (Å²) >= 11 is 0.